The Morgan fingerprint density at radius 3 is 2.88 bits per heavy atom. The van der Waals surface area contributed by atoms with Crippen molar-refractivity contribution in [3.8, 4) is 0 Å². The number of rotatable bonds is 5. The first-order valence-electron chi connectivity index (χ1n) is 6.57. The number of hydrogen-bond acceptors (Lipinski definition) is 4. The van der Waals surface area contributed by atoms with Gasteiger partial charge < -0.3 is 10.2 Å². The Balaban J connectivity index is 1.96. The Morgan fingerprint density at radius 1 is 1.41 bits per heavy atom. The summed E-state index contributed by atoms with van der Waals surface area (Å²) in [5.74, 6) is 0.886. The van der Waals surface area contributed by atoms with Crippen molar-refractivity contribution in [2.45, 2.75) is 39.2 Å². The zero-order valence-electron chi connectivity index (χ0n) is 10.8. The first-order chi connectivity index (χ1) is 8.31. The number of aromatic nitrogens is 2. The molecule has 0 spiro atoms. The van der Waals surface area contributed by atoms with Crippen LogP contribution in [0.3, 0.4) is 0 Å². The highest BCUT2D eigenvalue weighted by atomic mass is 15.3. The third kappa shape index (κ3) is 3.16. The third-order valence-corrected chi connectivity index (χ3v) is 3.21. The van der Waals surface area contributed by atoms with E-state index in [4.69, 9.17) is 0 Å². The molecule has 2 heterocycles. The number of nitrogens with one attached hydrogen (secondary N) is 1. The molecular formula is C13H22N4. The van der Waals surface area contributed by atoms with Crippen molar-refractivity contribution in [2.24, 2.45) is 0 Å². The van der Waals surface area contributed by atoms with Gasteiger partial charge in [0.1, 0.15) is 0 Å². The molecular weight excluding hydrogens is 212 g/mol. The van der Waals surface area contributed by atoms with E-state index in [1.165, 1.54) is 19.3 Å². The lowest BCUT2D eigenvalue weighted by molar-refractivity contribution is 0.565. The van der Waals surface area contributed by atoms with Gasteiger partial charge in [-0.25, -0.2) is 9.97 Å². The maximum absolute atomic E-state index is 4.43. The lowest BCUT2D eigenvalue weighted by atomic mass is 10.2. The molecule has 1 aromatic rings. The summed E-state index contributed by atoms with van der Waals surface area (Å²) in [7, 11) is 0. The van der Waals surface area contributed by atoms with Gasteiger partial charge in [-0.3, -0.25) is 0 Å². The van der Waals surface area contributed by atoms with Crippen LogP contribution in [0, 0.1) is 6.92 Å². The van der Waals surface area contributed by atoms with Crippen LogP contribution in [0.4, 0.5) is 5.95 Å². The van der Waals surface area contributed by atoms with Crippen molar-refractivity contribution in [1.29, 1.82) is 0 Å². The summed E-state index contributed by atoms with van der Waals surface area (Å²) in [6.07, 6.45) is 7.48. The molecule has 1 aliphatic heterocycles. The topological polar surface area (TPSA) is 41.0 Å². The van der Waals surface area contributed by atoms with Gasteiger partial charge in [-0.05, 0) is 38.3 Å². The molecule has 0 radical (unpaired) electrons. The van der Waals surface area contributed by atoms with Gasteiger partial charge in [0.05, 0.1) is 0 Å². The number of hydrogen-bond donors (Lipinski definition) is 1. The van der Waals surface area contributed by atoms with Gasteiger partial charge in [0, 0.05) is 31.5 Å². The Bertz CT molecular complexity index is 336. The number of nitrogens with zero attached hydrogens (tertiary/aromatic N) is 3. The highest BCUT2D eigenvalue weighted by Gasteiger charge is 2.25. The number of aryl methyl sites for hydroxylation is 1. The zero-order valence-corrected chi connectivity index (χ0v) is 10.8. The van der Waals surface area contributed by atoms with Crippen LogP contribution in [-0.2, 0) is 0 Å². The van der Waals surface area contributed by atoms with Crippen molar-refractivity contribution in [1.82, 2.24) is 15.3 Å². The van der Waals surface area contributed by atoms with Crippen molar-refractivity contribution in [3.63, 3.8) is 0 Å². The summed E-state index contributed by atoms with van der Waals surface area (Å²) in [5.41, 5.74) is 1.12. The largest absolute Gasteiger partial charge is 0.337 e. The standard InChI is InChI=1S/C13H22N4/c1-3-6-14-10-12-5-4-7-17(12)13-15-8-11(2)9-16-13/h8-9,12,14H,3-7,10H2,1-2H3. The third-order valence-electron chi connectivity index (χ3n) is 3.21. The average Bonchev–Trinajstić information content (AvgIpc) is 2.79. The van der Waals surface area contributed by atoms with Crippen LogP contribution >= 0.6 is 0 Å². The van der Waals surface area contributed by atoms with E-state index >= 15 is 0 Å². The average molecular weight is 234 g/mol. The van der Waals surface area contributed by atoms with Crippen LogP contribution in [0.25, 0.3) is 0 Å². The van der Waals surface area contributed by atoms with E-state index in [0.717, 1.165) is 31.1 Å². The van der Waals surface area contributed by atoms with Crippen molar-refractivity contribution >= 4 is 5.95 Å². The molecule has 1 aliphatic rings. The van der Waals surface area contributed by atoms with Gasteiger partial charge in [0.15, 0.2) is 0 Å². The molecule has 4 heteroatoms. The minimum absolute atomic E-state index is 0.559. The first kappa shape index (κ1) is 12.3. The maximum atomic E-state index is 4.43. The second-order valence-corrected chi connectivity index (χ2v) is 4.75. The number of anilines is 1. The molecule has 0 aromatic carbocycles. The molecule has 1 fully saturated rings. The van der Waals surface area contributed by atoms with E-state index in [-0.39, 0.29) is 0 Å². The van der Waals surface area contributed by atoms with Gasteiger partial charge in [0.2, 0.25) is 5.95 Å². The van der Waals surface area contributed by atoms with Crippen LogP contribution in [0.15, 0.2) is 12.4 Å². The Labute approximate surface area is 103 Å². The van der Waals surface area contributed by atoms with E-state index in [0.29, 0.717) is 6.04 Å². The monoisotopic (exact) mass is 234 g/mol. The van der Waals surface area contributed by atoms with Crippen LogP contribution in [-0.4, -0.2) is 35.6 Å². The van der Waals surface area contributed by atoms with Crippen molar-refractivity contribution in [3.05, 3.63) is 18.0 Å². The highest BCUT2D eigenvalue weighted by Crippen LogP contribution is 2.21. The molecule has 1 saturated heterocycles. The molecule has 1 unspecified atom stereocenters. The summed E-state index contributed by atoms with van der Waals surface area (Å²) >= 11 is 0. The van der Waals surface area contributed by atoms with E-state index in [9.17, 15) is 0 Å². The summed E-state index contributed by atoms with van der Waals surface area (Å²) in [4.78, 5) is 11.2. The van der Waals surface area contributed by atoms with E-state index in [1.54, 1.807) is 0 Å². The molecule has 0 saturated carbocycles. The molecule has 0 amide bonds. The Kier molecular flexibility index (Phi) is 4.31. The molecule has 0 aliphatic carbocycles. The quantitative estimate of drug-likeness (QED) is 0.788. The van der Waals surface area contributed by atoms with E-state index in [2.05, 4.69) is 27.1 Å². The molecule has 0 bridgehead atoms. The normalized spacial score (nSPS) is 19.9. The molecule has 1 aromatic heterocycles. The van der Waals surface area contributed by atoms with E-state index in [1.807, 2.05) is 19.3 Å². The summed E-state index contributed by atoms with van der Waals surface area (Å²) in [5, 5.41) is 3.49. The van der Waals surface area contributed by atoms with Crippen LogP contribution in [0.1, 0.15) is 31.7 Å². The Morgan fingerprint density at radius 2 is 2.18 bits per heavy atom. The minimum Gasteiger partial charge on any atom is -0.337 e. The maximum Gasteiger partial charge on any atom is 0.225 e. The second kappa shape index (κ2) is 5.96. The van der Waals surface area contributed by atoms with E-state index < -0.39 is 0 Å². The molecule has 94 valence electrons. The predicted octanol–water partition coefficient (Wildman–Crippen LogP) is 1.75. The lowest BCUT2D eigenvalue weighted by Crippen LogP contribution is -2.39. The van der Waals surface area contributed by atoms with Gasteiger partial charge in [-0.2, -0.15) is 0 Å². The minimum atomic E-state index is 0.559. The second-order valence-electron chi connectivity index (χ2n) is 4.75. The van der Waals surface area contributed by atoms with Gasteiger partial charge >= 0.3 is 0 Å². The summed E-state index contributed by atoms with van der Waals surface area (Å²) in [6, 6.07) is 0.559. The fraction of sp³-hybridized carbons (Fsp3) is 0.692. The van der Waals surface area contributed by atoms with Crippen LogP contribution in [0.2, 0.25) is 0 Å². The van der Waals surface area contributed by atoms with Crippen molar-refractivity contribution in [2.75, 3.05) is 24.5 Å². The van der Waals surface area contributed by atoms with Gasteiger partial charge in [-0.15, -0.1) is 0 Å². The summed E-state index contributed by atoms with van der Waals surface area (Å²) < 4.78 is 0. The first-order valence-corrected chi connectivity index (χ1v) is 6.57. The Hall–Kier alpha value is -1.16. The molecule has 2 rings (SSSR count). The van der Waals surface area contributed by atoms with Crippen LogP contribution in [0.5, 0.6) is 0 Å². The van der Waals surface area contributed by atoms with Crippen molar-refractivity contribution < 1.29 is 0 Å². The highest BCUT2D eigenvalue weighted by molar-refractivity contribution is 5.33. The van der Waals surface area contributed by atoms with Gasteiger partial charge in [0.25, 0.3) is 0 Å². The fourth-order valence-corrected chi connectivity index (χ4v) is 2.29. The summed E-state index contributed by atoms with van der Waals surface area (Å²) in [6.45, 7) is 7.45. The molecule has 1 atom stereocenters. The zero-order chi connectivity index (χ0) is 12.1. The fourth-order valence-electron chi connectivity index (χ4n) is 2.29. The predicted molar refractivity (Wildman–Crippen MR) is 70.3 cm³/mol. The smallest absolute Gasteiger partial charge is 0.225 e. The SMILES string of the molecule is CCCNCC1CCCN1c1ncc(C)cn1. The van der Waals surface area contributed by atoms with Gasteiger partial charge in [-0.1, -0.05) is 6.92 Å². The lowest BCUT2D eigenvalue weighted by Gasteiger charge is -2.24. The molecule has 17 heavy (non-hydrogen) atoms. The van der Waals surface area contributed by atoms with Crippen LogP contribution < -0.4 is 10.2 Å². The molecule has 4 nitrogen and oxygen atoms in total. The molecule has 1 N–H and O–H groups in total.